The van der Waals surface area contributed by atoms with Gasteiger partial charge in [-0.1, -0.05) is 56.6 Å². The van der Waals surface area contributed by atoms with Crippen molar-refractivity contribution in [3.05, 3.63) is 58.1 Å². The molecule has 1 N–H and O–H groups in total. The van der Waals surface area contributed by atoms with Crippen LogP contribution in [0.25, 0.3) is 22.2 Å². The van der Waals surface area contributed by atoms with Gasteiger partial charge in [-0.15, -0.1) is 0 Å². The predicted molar refractivity (Wildman–Crippen MR) is 97.6 cm³/mol. The average Bonchev–Trinajstić information content (AvgIpc) is 2.85. The molecule has 0 aliphatic carbocycles. The Morgan fingerprint density at radius 3 is 2.30 bits per heavy atom. The summed E-state index contributed by atoms with van der Waals surface area (Å²) in [5.74, 6) is 0. The van der Waals surface area contributed by atoms with E-state index in [1.54, 1.807) is 0 Å². The topological polar surface area (TPSA) is 32.9 Å². The number of nitrogens with one attached hydrogen (secondary N) is 1. The minimum Gasteiger partial charge on any atom is -0.354 e. The first-order chi connectivity index (χ1) is 10.8. The van der Waals surface area contributed by atoms with Crippen LogP contribution in [0.3, 0.4) is 0 Å². The summed E-state index contributed by atoms with van der Waals surface area (Å²) in [4.78, 5) is 15.1. The Balaban J connectivity index is 2.20. The van der Waals surface area contributed by atoms with Gasteiger partial charge in [0.05, 0.1) is 5.69 Å². The fraction of sp³-hybridized carbons (Fsp3) is 0.250. The van der Waals surface area contributed by atoms with E-state index < -0.39 is 0 Å². The summed E-state index contributed by atoms with van der Waals surface area (Å²) in [5, 5.41) is 1.52. The number of aromatic amines is 1. The number of rotatable bonds is 2. The molecule has 3 aromatic rings. The van der Waals surface area contributed by atoms with Crippen molar-refractivity contribution in [2.45, 2.75) is 33.1 Å². The molecule has 0 unspecified atom stereocenters. The molecule has 0 bridgehead atoms. The fourth-order valence-corrected chi connectivity index (χ4v) is 3.21. The third-order valence-electron chi connectivity index (χ3n) is 4.27. The van der Waals surface area contributed by atoms with Crippen LogP contribution < -0.4 is 0 Å². The van der Waals surface area contributed by atoms with Crippen LogP contribution in [0.1, 0.15) is 42.3 Å². The van der Waals surface area contributed by atoms with Crippen LogP contribution in [0, 0.1) is 6.92 Å². The summed E-state index contributed by atoms with van der Waals surface area (Å²) < 4.78 is 0. The minimum absolute atomic E-state index is 0.108. The minimum atomic E-state index is 0.108. The van der Waals surface area contributed by atoms with Crippen molar-refractivity contribution in [1.29, 1.82) is 0 Å². The molecule has 118 valence electrons. The van der Waals surface area contributed by atoms with Crippen LogP contribution in [0.15, 0.2) is 36.4 Å². The van der Waals surface area contributed by atoms with Crippen molar-refractivity contribution in [2.24, 2.45) is 0 Å². The summed E-state index contributed by atoms with van der Waals surface area (Å²) in [7, 11) is 0. The van der Waals surface area contributed by atoms with Gasteiger partial charge in [-0.2, -0.15) is 0 Å². The summed E-state index contributed by atoms with van der Waals surface area (Å²) in [6.45, 7) is 8.55. The molecule has 23 heavy (non-hydrogen) atoms. The van der Waals surface area contributed by atoms with E-state index in [9.17, 15) is 4.79 Å². The number of carbonyl (C=O) groups excluding carboxylic acids is 1. The maximum atomic E-state index is 11.7. The Labute approximate surface area is 141 Å². The van der Waals surface area contributed by atoms with Gasteiger partial charge in [0.1, 0.15) is 0 Å². The normalized spacial score (nSPS) is 11.9. The van der Waals surface area contributed by atoms with E-state index in [-0.39, 0.29) is 5.41 Å². The van der Waals surface area contributed by atoms with E-state index in [2.05, 4.69) is 50.0 Å². The lowest BCUT2D eigenvalue weighted by molar-refractivity contribution is 0.112. The molecule has 3 rings (SSSR count). The van der Waals surface area contributed by atoms with Crippen LogP contribution in [0.2, 0.25) is 5.02 Å². The molecule has 0 aliphatic rings. The number of carbonyl (C=O) groups is 1. The molecule has 1 aromatic heterocycles. The van der Waals surface area contributed by atoms with Crippen molar-refractivity contribution in [2.75, 3.05) is 0 Å². The number of hydrogen-bond acceptors (Lipinski definition) is 1. The van der Waals surface area contributed by atoms with Gasteiger partial charge in [0, 0.05) is 21.5 Å². The molecule has 0 saturated heterocycles. The highest BCUT2D eigenvalue weighted by Crippen LogP contribution is 2.33. The van der Waals surface area contributed by atoms with Crippen molar-refractivity contribution in [3.8, 4) is 11.3 Å². The van der Waals surface area contributed by atoms with Gasteiger partial charge in [0.2, 0.25) is 0 Å². The van der Waals surface area contributed by atoms with Crippen LogP contribution in [-0.2, 0) is 5.41 Å². The summed E-state index contributed by atoms with van der Waals surface area (Å²) in [5.41, 5.74) is 5.89. The second-order valence-electron chi connectivity index (χ2n) is 7.00. The quantitative estimate of drug-likeness (QED) is 0.584. The highest BCUT2D eigenvalue weighted by Gasteiger charge is 2.17. The molecule has 0 fully saturated rings. The van der Waals surface area contributed by atoms with Crippen LogP contribution in [0.4, 0.5) is 0 Å². The number of hydrogen-bond donors (Lipinski definition) is 1. The maximum Gasteiger partial charge on any atom is 0.152 e. The highest BCUT2D eigenvalue weighted by molar-refractivity contribution is 6.31. The van der Waals surface area contributed by atoms with Crippen molar-refractivity contribution in [1.82, 2.24) is 4.98 Å². The first-order valence-corrected chi connectivity index (χ1v) is 8.07. The Morgan fingerprint density at radius 2 is 1.74 bits per heavy atom. The molecular formula is C20H20ClNO. The zero-order chi connectivity index (χ0) is 16.8. The average molecular weight is 326 g/mol. The van der Waals surface area contributed by atoms with Crippen LogP contribution in [-0.4, -0.2) is 11.3 Å². The van der Waals surface area contributed by atoms with Crippen LogP contribution >= 0.6 is 11.6 Å². The lowest BCUT2D eigenvalue weighted by atomic mass is 9.86. The van der Waals surface area contributed by atoms with E-state index >= 15 is 0 Å². The van der Waals surface area contributed by atoms with Gasteiger partial charge in [-0.25, -0.2) is 0 Å². The number of aromatic nitrogens is 1. The van der Waals surface area contributed by atoms with Gasteiger partial charge in [-0.05, 0) is 41.2 Å². The second kappa shape index (κ2) is 5.54. The monoisotopic (exact) mass is 325 g/mol. The summed E-state index contributed by atoms with van der Waals surface area (Å²) in [6, 6.07) is 12.1. The zero-order valence-corrected chi connectivity index (χ0v) is 14.6. The van der Waals surface area contributed by atoms with Gasteiger partial charge < -0.3 is 4.98 Å². The Kier molecular flexibility index (Phi) is 3.81. The lowest BCUT2D eigenvalue weighted by Gasteiger charge is -2.19. The third kappa shape index (κ3) is 2.79. The summed E-state index contributed by atoms with van der Waals surface area (Å²) >= 11 is 6.15. The second-order valence-corrected chi connectivity index (χ2v) is 7.44. The third-order valence-corrected chi connectivity index (χ3v) is 4.49. The number of benzene rings is 2. The molecule has 1 heterocycles. The fourth-order valence-electron chi connectivity index (χ4n) is 2.94. The predicted octanol–water partition coefficient (Wildman–Crippen LogP) is 5.91. The Morgan fingerprint density at radius 1 is 1.09 bits per heavy atom. The molecular weight excluding hydrogens is 306 g/mol. The molecule has 0 amide bonds. The first-order valence-electron chi connectivity index (χ1n) is 7.69. The van der Waals surface area contributed by atoms with Gasteiger partial charge >= 0.3 is 0 Å². The standard InChI is InChI=1S/C20H20ClNO/c1-12-9-15(21)10-16-17(11-23)19(22-18(12)16)13-5-7-14(8-6-13)20(2,3)4/h5-11,22H,1-4H3. The number of H-pyrrole nitrogens is 1. The molecule has 0 radical (unpaired) electrons. The summed E-state index contributed by atoms with van der Waals surface area (Å²) in [6.07, 6.45) is 0.904. The van der Waals surface area contributed by atoms with Crippen molar-refractivity contribution in [3.63, 3.8) is 0 Å². The van der Waals surface area contributed by atoms with E-state index in [1.807, 2.05) is 19.1 Å². The maximum absolute atomic E-state index is 11.7. The largest absolute Gasteiger partial charge is 0.354 e. The SMILES string of the molecule is Cc1cc(Cl)cc2c(C=O)c(-c3ccc(C(C)(C)C)cc3)[nH]c12. The highest BCUT2D eigenvalue weighted by atomic mass is 35.5. The lowest BCUT2D eigenvalue weighted by Crippen LogP contribution is -2.10. The zero-order valence-electron chi connectivity index (χ0n) is 13.8. The van der Waals surface area contributed by atoms with Gasteiger partial charge in [-0.3, -0.25) is 4.79 Å². The van der Waals surface area contributed by atoms with E-state index in [0.717, 1.165) is 34.0 Å². The van der Waals surface area contributed by atoms with Gasteiger partial charge in [0.15, 0.2) is 6.29 Å². The molecule has 0 atom stereocenters. The van der Waals surface area contributed by atoms with E-state index in [4.69, 9.17) is 11.6 Å². The molecule has 3 heteroatoms. The number of fused-ring (bicyclic) bond motifs is 1. The Hall–Kier alpha value is -2.06. The van der Waals surface area contributed by atoms with Gasteiger partial charge in [0.25, 0.3) is 0 Å². The van der Waals surface area contributed by atoms with E-state index in [1.165, 1.54) is 5.56 Å². The number of halogens is 1. The van der Waals surface area contributed by atoms with Crippen molar-refractivity contribution < 1.29 is 4.79 Å². The molecule has 0 saturated carbocycles. The number of aryl methyl sites for hydroxylation is 1. The van der Waals surface area contributed by atoms with Crippen LogP contribution in [0.5, 0.6) is 0 Å². The molecule has 0 aliphatic heterocycles. The Bertz CT molecular complexity index is 883. The van der Waals surface area contributed by atoms with E-state index in [0.29, 0.717) is 10.6 Å². The molecule has 2 nitrogen and oxygen atoms in total. The molecule has 0 spiro atoms. The number of aldehydes is 1. The molecule has 2 aromatic carbocycles. The smallest absolute Gasteiger partial charge is 0.152 e. The first kappa shape index (κ1) is 15.8. The van der Waals surface area contributed by atoms with Crippen molar-refractivity contribution >= 4 is 28.8 Å².